The molecule has 0 aliphatic carbocycles. The van der Waals surface area contributed by atoms with E-state index in [9.17, 15) is 4.79 Å². The Morgan fingerprint density at radius 3 is 2.90 bits per heavy atom. The maximum absolute atomic E-state index is 11.6. The van der Waals surface area contributed by atoms with Crippen LogP contribution in [0.1, 0.15) is 9.67 Å². The van der Waals surface area contributed by atoms with Gasteiger partial charge in [0.15, 0.2) is 11.5 Å². The third-order valence-corrected chi connectivity index (χ3v) is 5.17. The quantitative estimate of drug-likeness (QED) is 0.683. The minimum Gasteiger partial charge on any atom is -0.465 e. The molecule has 3 rings (SSSR count). The van der Waals surface area contributed by atoms with Gasteiger partial charge >= 0.3 is 5.97 Å². The second-order valence-electron chi connectivity index (χ2n) is 4.20. The standard InChI is InChI=1S/C14H13NO4S2/c1-17-13(16)12-6-9(14(20-2)21-12)15-8-3-4-10-11(5-8)19-7-18-10/h3-6,15H,7H2,1-2H3. The van der Waals surface area contributed by atoms with Crippen molar-refractivity contribution in [2.45, 2.75) is 4.21 Å². The highest BCUT2D eigenvalue weighted by Gasteiger charge is 2.17. The van der Waals surface area contributed by atoms with Crippen LogP contribution in [0.25, 0.3) is 0 Å². The number of carbonyl (C=O) groups excluding carboxylic acids is 1. The van der Waals surface area contributed by atoms with Crippen molar-refractivity contribution in [1.82, 2.24) is 0 Å². The van der Waals surface area contributed by atoms with Crippen molar-refractivity contribution >= 4 is 40.4 Å². The summed E-state index contributed by atoms with van der Waals surface area (Å²) in [4.78, 5) is 12.2. The van der Waals surface area contributed by atoms with Crippen LogP contribution in [0, 0.1) is 0 Å². The molecule has 0 atom stereocenters. The van der Waals surface area contributed by atoms with Gasteiger partial charge in [0, 0.05) is 11.8 Å². The van der Waals surface area contributed by atoms with Crippen molar-refractivity contribution in [3.05, 3.63) is 29.1 Å². The summed E-state index contributed by atoms with van der Waals surface area (Å²) in [6.07, 6.45) is 1.97. The third-order valence-electron chi connectivity index (χ3n) is 2.92. The predicted molar refractivity (Wildman–Crippen MR) is 83.3 cm³/mol. The molecule has 0 saturated carbocycles. The lowest BCUT2D eigenvalue weighted by atomic mass is 10.2. The smallest absolute Gasteiger partial charge is 0.348 e. The summed E-state index contributed by atoms with van der Waals surface area (Å²) in [6.45, 7) is 0.250. The van der Waals surface area contributed by atoms with E-state index in [1.165, 1.54) is 18.4 Å². The molecule has 0 spiro atoms. The summed E-state index contributed by atoms with van der Waals surface area (Å²) in [7, 11) is 1.38. The molecule has 5 nitrogen and oxygen atoms in total. The number of methoxy groups -OCH3 is 1. The summed E-state index contributed by atoms with van der Waals surface area (Å²) >= 11 is 2.99. The zero-order valence-corrected chi connectivity index (χ0v) is 13.1. The largest absolute Gasteiger partial charge is 0.465 e. The normalized spacial score (nSPS) is 12.3. The van der Waals surface area contributed by atoms with Crippen molar-refractivity contribution in [3.63, 3.8) is 0 Å². The number of nitrogens with one attached hydrogen (secondary N) is 1. The van der Waals surface area contributed by atoms with E-state index in [0.29, 0.717) is 10.6 Å². The number of benzene rings is 1. The molecule has 0 amide bonds. The van der Waals surface area contributed by atoms with Gasteiger partial charge in [0.25, 0.3) is 0 Å². The molecule has 2 heterocycles. The maximum atomic E-state index is 11.6. The summed E-state index contributed by atoms with van der Waals surface area (Å²) < 4.78 is 16.4. The lowest BCUT2D eigenvalue weighted by molar-refractivity contribution is 0.0606. The van der Waals surface area contributed by atoms with Crippen LogP contribution in [0.3, 0.4) is 0 Å². The van der Waals surface area contributed by atoms with Crippen LogP contribution in [-0.2, 0) is 4.74 Å². The van der Waals surface area contributed by atoms with E-state index in [0.717, 1.165) is 21.3 Å². The van der Waals surface area contributed by atoms with E-state index < -0.39 is 0 Å². The Morgan fingerprint density at radius 2 is 2.14 bits per heavy atom. The van der Waals surface area contributed by atoms with Gasteiger partial charge in [-0.1, -0.05) is 0 Å². The Bertz CT molecular complexity index is 684. The van der Waals surface area contributed by atoms with E-state index in [1.807, 2.05) is 24.5 Å². The summed E-state index contributed by atoms with van der Waals surface area (Å²) in [6, 6.07) is 7.44. The number of fused-ring (bicyclic) bond motifs is 1. The number of carbonyl (C=O) groups is 1. The molecular formula is C14H13NO4S2. The van der Waals surface area contributed by atoms with Crippen LogP contribution in [0.15, 0.2) is 28.5 Å². The van der Waals surface area contributed by atoms with Crippen LogP contribution in [-0.4, -0.2) is 26.1 Å². The van der Waals surface area contributed by atoms with Crippen molar-refractivity contribution in [3.8, 4) is 11.5 Å². The second kappa shape index (κ2) is 5.87. The molecule has 1 aliphatic rings. The molecule has 0 bridgehead atoms. The highest BCUT2D eigenvalue weighted by atomic mass is 32.2. The maximum Gasteiger partial charge on any atom is 0.348 e. The molecule has 110 valence electrons. The van der Waals surface area contributed by atoms with Crippen molar-refractivity contribution in [2.24, 2.45) is 0 Å². The van der Waals surface area contributed by atoms with Gasteiger partial charge < -0.3 is 19.5 Å². The molecule has 1 aromatic heterocycles. The summed E-state index contributed by atoms with van der Waals surface area (Å²) in [5.74, 6) is 1.13. The third kappa shape index (κ3) is 2.79. The number of hydrogen-bond donors (Lipinski definition) is 1. The molecule has 1 aromatic carbocycles. The highest BCUT2D eigenvalue weighted by molar-refractivity contribution is 8.00. The fourth-order valence-corrected chi connectivity index (χ4v) is 3.64. The molecule has 7 heteroatoms. The van der Waals surface area contributed by atoms with Gasteiger partial charge in [-0.25, -0.2) is 4.79 Å². The first-order valence-corrected chi connectivity index (χ1v) is 8.18. The number of anilines is 2. The predicted octanol–water partition coefficient (Wildman–Crippen LogP) is 3.73. The first kappa shape index (κ1) is 14.1. The van der Waals surface area contributed by atoms with Crippen molar-refractivity contribution < 1.29 is 19.0 Å². The van der Waals surface area contributed by atoms with Crippen molar-refractivity contribution in [1.29, 1.82) is 0 Å². The van der Waals surface area contributed by atoms with Gasteiger partial charge in [0.1, 0.15) is 4.88 Å². The van der Waals surface area contributed by atoms with Gasteiger partial charge in [-0.15, -0.1) is 23.1 Å². The van der Waals surface area contributed by atoms with E-state index in [-0.39, 0.29) is 12.8 Å². The summed E-state index contributed by atoms with van der Waals surface area (Å²) in [5, 5.41) is 3.30. The molecule has 1 aliphatic heterocycles. The average molecular weight is 323 g/mol. The molecule has 1 N–H and O–H groups in total. The average Bonchev–Trinajstić information content (AvgIpc) is 3.12. The zero-order valence-electron chi connectivity index (χ0n) is 11.5. The second-order valence-corrected chi connectivity index (χ2v) is 6.33. The topological polar surface area (TPSA) is 56.8 Å². The summed E-state index contributed by atoms with van der Waals surface area (Å²) in [5.41, 5.74) is 1.76. The van der Waals surface area contributed by atoms with Crippen LogP contribution in [0.4, 0.5) is 11.4 Å². The first-order chi connectivity index (χ1) is 10.2. The number of rotatable bonds is 4. The fourth-order valence-electron chi connectivity index (χ4n) is 1.94. The Balaban J connectivity index is 1.87. The minimum absolute atomic E-state index is 0.250. The fraction of sp³-hybridized carbons (Fsp3) is 0.214. The number of thioether (sulfide) groups is 1. The zero-order chi connectivity index (χ0) is 14.8. The molecule has 21 heavy (non-hydrogen) atoms. The van der Waals surface area contributed by atoms with Gasteiger partial charge in [-0.3, -0.25) is 0 Å². The van der Waals surface area contributed by atoms with E-state index in [4.69, 9.17) is 14.2 Å². The first-order valence-electron chi connectivity index (χ1n) is 6.14. The lowest BCUT2D eigenvalue weighted by Crippen LogP contribution is -1.97. The molecule has 0 fully saturated rings. The SMILES string of the molecule is COC(=O)c1cc(Nc2ccc3c(c2)OCO3)c(SC)s1. The van der Waals surface area contributed by atoms with Gasteiger partial charge in [-0.05, 0) is 24.5 Å². The van der Waals surface area contributed by atoms with Crippen molar-refractivity contribution in [2.75, 3.05) is 25.5 Å². The Hall–Kier alpha value is -1.86. The Morgan fingerprint density at radius 1 is 1.33 bits per heavy atom. The number of hydrogen-bond acceptors (Lipinski definition) is 7. The van der Waals surface area contributed by atoms with Crippen LogP contribution >= 0.6 is 23.1 Å². The van der Waals surface area contributed by atoms with E-state index >= 15 is 0 Å². The minimum atomic E-state index is -0.325. The van der Waals surface area contributed by atoms with Gasteiger partial charge in [0.2, 0.25) is 6.79 Å². The highest BCUT2D eigenvalue weighted by Crippen LogP contribution is 2.39. The monoisotopic (exact) mass is 323 g/mol. The van der Waals surface area contributed by atoms with Crippen LogP contribution in [0.2, 0.25) is 0 Å². The molecule has 0 unspecified atom stereocenters. The lowest BCUT2D eigenvalue weighted by Gasteiger charge is -2.07. The van der Waals surface area contributed by atoms with Gasteiger partial charge in [-0.2, -0.15) is 0 Å². The number of thiophene rings is 1. The molecule has 2 aromatic rings. The van der Waals surface area contributed by atoms with Crippen LogP contribution < -0.4 is 14.8 Å². The number of esters is 1. The van der Waals surface area contributed by atoms with Crippen LogP contribution in [0.5, 0.6) is 11.5 Å². The number of ether oxygens (including phenoxy) is 3. The van der Waals surface area contributed by atoms with E-state index in [2.05, 4.69) is 5.32 Å². The Labute approximate surface area is 130 Å². The molecule has 0 saturated heterocycles. The van der Waals surface area contributed by atoms with E-state index in [1.54, 1.807) is 17.8 Å². The molecular weight excluding hydrogens is 310 g/mol. The Kier molecular flexibility index (Phi) is 3.94. The van der Waals surface area contributed by atoms with Gasteiger partial charge in [0.05, 0.1) is 17.0 Å². The molecule has 0 radical (unpaired) electrons.